The van der Waals surface area contributed by atoms with E-state index in [0.717, 1.165) is 6.92 Å². The molecule has 5 heteroatoms. The van der Waals surface area contributed by atoms with Crippen LogP contribution in [0.1, 0.15) is 25.5 Å². The molecule has 1 aromatic carbocycles. The van der Waals surface area contributed by atoms with Crippen LogP contribution in [-0.4, -0.2) is 18.3 Å². The largest absolute Gasteiger partial charge is 0.414 e. The smallest absolute Gasteiger partial charge is 0.360 e. The van der Waals surface area contributed by atoms with Gasteiger partial charge >= 0.3 is 6.18 Å². The number of ether oxygens (including phenoxy) is 1. The van der Waals surface area contributed by atoms with Gasteiger partial charge in [0.2, 0.25) is 0 Å². The maximum atomic E-state index is 12.4. The van der Waals surface area contributed by atoms with Gasteiger partial charge < -0.3 is 10.5 Å². The first-order chi connectivity index (χ1) is 7.82. The molecule has 2 nitrogen and oxygen atoms in total. The minimum absolute atomic E-state index is 0.512. The van der Waals surface area contributed by atoms with E-state index in [4.69, 9.17) is 10.5 Å². The fourth-order valence-corrected chi connectivity index (χ4v) is 1.45. The molecule has 0 aliphatic rings. The molecule has 96 valence electrons. The van der Waals surface area contributed by atoms with Crippen molar-refractivity contribution in [2.45, 2.75) is 38.3 Å². The highest BCUT2D eigenvalue weighted by molar-refractivity contribution is 5.18. The summed E-state index contributed by atoms with van der Waals surface area (Å²) in [5.41, 5.74) is 6.32. The molecule has 0 saturated carbocycles. The molecule has 0 aliphatic carbocycles. The molecule has 0 bridgehead atoms. The highest BCUT2D eigenvalue weighted by atomic mass is 19.4. The minimum atomic E-state index is -4.37. The third kappa shape index (κ3) is 4.02. The van der Waals surface area contributed by atoms with Gasteiger partial charge in [0.05, 0.1) is 6.10 Å². The van der Waals surface area contributed by atoms with E-state index < -0.39 is 24.4 Å². The highest BCUT2D eigenvalue weighted by Crippen LogP contribution is 2.29. The van der Waals surface area contributed by atoms with Gasteiger partial charge in [0.25, 0.3) is 0 Å². The molecule has 17 heavy (non-hydrogen) atoms. The first-order valence-electron chi connectivity index (χ1n) is 5.35. The molecule has 0 spiro atoms. The Kier molecular flexibility index (Phi) is 4.54. The molecule has 2 N–H and O–H groups in total. The van der Waals surface area contributed by atoms with Crippen molar-refractivity contribution in [3.05, 3.63) is 35.9 Å². The van der Waals surface area contributed by atoms with E-state index in [9.17, 15) is 13.2 Å². The van der Waals surface area contributed by atoms with Crippen molar-refractivity contribution in [2.75, 3.05) is 0 Å². The lowest BCUT2D eigenvalue weighted by molar-refractivity contribution is -0.229. The molecule has 3 unspecified atom stereocenters. The van der Waals surface area contributed by atoms with Crippen molar-refractivity contribution in [1.29, 1.82) is 0 Å². The molecule has 0 aliphatic heterocycles. The Morgan fingerprint density at radius 2 is 1.65 bits per heavy atom. The average molecular weight is 247 g/mol. The van der Waals surface area contributed by atoms with Crippen LogP contribution in [-0.2, 0) is 4.74 Å². The summed E-state index contributed by atoms with van der Waals surface area (Å²) in [6.07, 6.45) is -6.96. The van der Waals surface area contributed by atoms with Crippen LogP contribution in [0.5, 0.6) is 0 Å². The van der Waals surface area contributed by atoms with Crippen molar-refractivity contribution in [2.24, 2.45) is 5.73 Å². The van der Waals surface area contributed by atoms with Gasteiger partial charge in [0.1, 0.15) is 0 Å². The molecule has 0 aromatic heterocycles. The predicted molar refractivity (Wildman–Crippen MR) is 59.4 cm³/mol. The Morgan fingerprint density at radius 1 is 1.12 bits per heavy atom. The second-order valence-electron chi connectivity index (χ2n) is 4.01. The average Bonchev–Trinajstić information content (AvgIpc) is 2.25. The fraction of sp³-hybridized carbons (Fsp3) is 0.500. The van der Waals surface area contributed by atoms with Crippen LogP contribution < -0.4 is 5.73 Å². The van der Waals surface area contributed by atoms with Crippen LogP contribution >= 0.6 is 0 Å². The summed E-state index contributed by atoms with van der Waals surface area (Å²) >= 11 is 0. The lowest BCUT2D eigenvalue weighted by Gasteiger charge is -2.27. The SMILES string of the molecule is CC(N)C(OC(C)C(F)(F)F)c1ccccc1. The second-order valence-corrected chi connectivity index (χ2v) is 4.01. The normalized spacial score (nSPS) is 17.5. The van der Waals surface area contributed by atoms with Crippen molar-refractivity contribution >= 4 is 0 Å². The summed E-state index contributed by atoms with van der Waals surface area (Å²) < 4.78 is 42.3. The van der Waals surface area contributed by atoms with Gasteiger partial charge in [-0.25, -0.2) is 0 Å². The first-order valence-corrected chi connectivity index (χ1v) is 5.35. The van der Waals surface area contributed by atoms with Gasteiger partial charge in [0, 0.05) is 6.04 Å². The van der Waals surface area contributed by atoms with E-state index in [2.05, 4.69) is 0 Å². The molecular formula is C12H16F3NO. The molecule has 0 heterocycles. The molecule has 0 amide bonds. The van der Waals surface area contributed by atoms with Gasteiger partial charge in [-0.15, -0.1) is 0 Å². The van der Waals surface area contributed by atoms with Crippen molar-refractivity contribution in [3.63, 3.8) is 0 Å². The van der Waals surface area contributed by atoms with Gasteiger partial charge in [-0.3, -0.25) is 0 Å². The van der Waals surface area contributed by atoms with Crippen molar-refractivity contribution in [3.8, 4) is 0 Å². The molecule has 0 fully saturated rings. The molecule has 0 saturated heterocycles. The Morgan fingerprint density at radius 3 is 2.06 bits per heavy atom. The van der Waals surface area contributed by atoms with E-state index >= 15 is 0 Å². The molecule has 3 atom stereocenters. The van der Waals surface area contributed by atoms with Crippen LogP contribution in [0.15, 0.2) is 30.3 Å². The number of nitrogens with two attached hydrogens (primary N) is 1. The van der Waals surface area contributed by atoms with Gasteiger partial charge in [-0.2, -0.15) is 13.2 Å². The summed E-state index contributed by atoms with van der Waals surface area (Å²) in [6, 6.07) is 8.17. The van der Waals surface area contributed by atoms with Gasteiger partial charge in [-0.05, 0) is 19.4 Å². The predicted octanol–water partition coefficient (Wildman–Crippen LogP) is 3.04. The van der Waals surface area contributed by atoms with Crippen LogP contribution in [0.2, 0.25) is 0 Å². The van der Waals surface area contributed by atoms with Gasteiger partial charge in [0.15, 0.2) is 6.10 Å². The highest BCUT2D eigenvalue weighted by Gasteiger charge is 2.39. The maximum Gasteiger partial charge on any atom is 0.414 e. The summed E-state index contributed by atoms with van der Waals surface area (Å²) in [7, 11) is 0. The second kappa shape index (κ2) is 5.51. The first kappa shape index (κ1) is 14.0. The summed E-state index contributed by atoms with van der Waals surface area (Å²) in [5.74, 6) is 0. The van der Waals surface area contributed by atoms with Crippen molar-refractivity contribution in [1.82, 2.24) is 0 Å². The summed E-state index contributed by atoms with van der Waals surface area (Å²) in [6.45, 7) is 2.61. The number of benzene rings is 1. The standard InChI is InChI=1S/C12H16F3NO/c1-8(16)11(10-6-4-3-5-7-10)17-9(2)12(13,14)15/h3-9,11H,16H2,1-2H3. The van der Waals surface area contributed by atoms with Crippen LogP contribution in [0, 0.1) is 0 Å². The van der Waals surface area contributed by atoms with E-state index in [1.54, 1.807) is 37.3 Å². The maximum absolute atomic E-state index is 12.4. The molecule has 1 rings (SSSR count). The third-order valence-electron chi connectivity index (χ3n) is 2.42. The van der Waals surface area contributed by atoms with E-state index in [-0.39, 0.29) is 0 Å². The Hall–Kier alpha value is -1.07. The number of halogens is 3. The number of hydrogen-bond donors (Lipinski definition) is 1. The minimum Gasteiger partial charge on any atom is -0.360 e. The molecule has 1 aromatic rings. The number of hydrogen-bond acceptors (Lipinski definition) is 2. The quantitative estimate of drug-likeness (QED) is 0.887. The van der Waals surface area contributed by atoms with E-state index in [1.165, 1.54) is 0 Å². The van der Waals surface area contributed by atoms with E-state index in [0.29, 0.717) is 5.56 Å². The lowest BCUT2D eigenvalue weighted by Crippen LogP contribution is -2.35. The third-order valence-corrected chi connectivity index (χ3v) is 2.42. The van der Waals surface area contributed by atoms with Gasteiger partial charge in [-0.1, -0.05) is 30.3 Å². The monoisotopic (exact) mass is 247 g/mol. The van der Waals surface area contributed by atoms with Crippen LogP contribution in [0.25, 0.3) is 0 Å². The fourth-order valence-electron chi connectivity index (χ4n) is 1.45. The Labute approximate surface area is 98.6 Å². The molecule has 0 radical (unpaired) electrons. The van der Waals surface area contributed by atoms with Crippen molar-refractivity contribution < 1.29 is 17.9 Å². The van der Waals surface area contributed by atoms with E-state index in [1.807, 2.05) is 0 Å². The van der Waals surface area contributed by atoms with Crippen LogP contribution in [0.3, 0.4) is 0 Å². The Balaban J connectivity index is 2.82. The molecular weight excluding hydrogens is 231 g/mol. The van der Waals surface area contributed by atoms with Crippen LogP contribution in [0.4, 0.5) is 13.2 Å². The zero-order chi connectivity index (χ0) is 13.1. The summed E-state index contributed by atoms with van der Waals surface area (Å²) in [5, 5.41) is 0. The number of rotatable bonds is 4. The lowest BCUT2D eigenvalue weighted by atomic mass is 10.0. The summed E-state index contributed by atoms with van der Waals surface area (Å²) in [4.78, 5) is 0. The topological polar surface area (TPSA) is 35.2 Å². The Bertz CT molecular complexity index is 337. The zero-order valence-corrected chi connectivity index (χ0v) is 9.74. The zero-order valence-electron chi connectivity index (χ0n) is 9.74. The number of alkyl halides is 3.